The molecular formula is C28H45ClN5O13P. The Labute approximate surface area is 284 Å². The lowest BCUT2D eigenvalue weighted by atomic mass is 9.97. The van der Waals surface area contributed by atoms with Gasteiger partial charge in [-0.05, 0) is 31.4 Å². The van der Waals surface area contributed by atoms with Crippen molar-refractivity contribution in [1.82, 2.24) is 19.7 Å². The average molecular weight is 726 g/mol. The van der Waals surface area contributed by atoms with E-state index in [1.165, 1.54) is 21.3 Å². The SMILES string of the molecule is CCOC(=O)C(COC)(OC[C@H]1OC[C@@H](n2ncc3c(N(COC)C4CCCC4)nc(Cl)nc32)[C@@H](OCOC)[C@@H]1OCOC)O[PH](=O)O. The molecule has 6 atom stereocenters. The third kappa shape index (κ3) is 9.18. The molecule has 1 saturated carbocycles. The van der Waals surface area contributed by atoms with E-state index in [1.807, 2.05) is 0 Å². The third-order valence-electron chi connectivity index (χ3n) is 7.99. The van der Waals surface area contributed by atoms with Gasteiger partial charge in [0.05, 0.1) is 31.4 Å². The molecule has 0 amide bonds. The molecule has 0 spiro atoms. The van der Waals surface area contributed by atoms with Gasteiger partial charge in [-0.2, -0.15) is 15.1 Å². The van der Waals surface area contributed by atoms with Crippen LogP contribution in [0.3, 0.4) is 0 Å². The predicted octanol–water partition coefficient (Wildman–Crippen LogP) is 2.07. The number of hydrogen-bond acceptors (Lipinski definition) is 16. The van der Waals surface area contributed by atoms with Crippen LogP contribution >= 0.6 is 19.9 Å². The summed E-state index contributed by atoms with van der Waals surface area (Å²) in [6, 6.07) is -0.421. The van der Waals surface area contributed by atoms with Gasteiger partial charge in [0.2, 0.25) is 5.28 Å². The van der Waals surface area contributed by atoms with Crippen LogP contribution in [0.2, 0.25) is 5.28 Å². The summed E-state index contributed by atoms with van der Waals surface area (Å²) in [6.07, 6.45) is 3.20. The van der Waals surface area contributed by atoms with Gasteiger partial charge in [0.15, 0.2) is 5.65 Å². The molecule has 48 heavy (non-hydrogen) atoms. The molecule has 0 radical (unpaired) electrons. The first-order chi connectivity index (χ1) is 23.2. The second-order valence-electron chi connectivity index (χ2n) is 11.1. The Morgan fingerprint density at radius 2 is 1.81 bits per heavy atom. The van der Waals surface area contributed by atoms with E-state index in [9.17, 15) is 14.3 Å². The second kappa shape index (κ2) is 18.8. The first-order valence-electron chi connectivity index (χ1n) is 15.4. The van der Waals surface area contributed by atoms with Crippen LogP contribution < -0.4 is 4.90 Å². The van der Waals surface area contributed by atoms with Crippen LogP contribution in [-0.2, 0) is 56.5 Å². The molecule has 2 aliphatic rings. The van der Waals surface area contributed by atoms with Gasteiger partial charge in [-0.15, -0.1) is 0 Å². The molecule has 0 aromatic carbocycles. The number of rotatable bonds is 20. The minimum Gasteiger partial charge on any atom is -0.462 e. The molecule has 20 heteroatoms. The lowest BCUT2D eigenvalue weighted by Gasteiger charge is -2.42. The summed E-state index contributed by atoms with van der Waals surface area (Å²) >= 11 is 6.51. The number of halogens is 1. The molecule has 4 rings (SSSR count). The first-order valence-corrected chi connectivity index (χ1v) is 17.1. The van der Waals surface area contributed by atoms with Gasteiger partial charge in [0.25, 0.3) is 5.79 Å². The molecule has 2 aromatic heterocycles. The largest absolute Gasteiger partial charge is 0.462 e. The van der Waals surface area contributed by atoms with Gasteiger partial charge in [0, 0.05) is 34.5 Å². The number of aromatic nitrogens is 4. The van der Waals surface area contributed by atoms with E-state index in [-0.39, 0.29) is 44.7 Å². The van der Waals surface area contributed by atoms with Crippen molar-refractivity contribution >= 4 is 42.7 Å². The monoisotopic (exact) mass is 725 g/mol. The van der Waals surface area contributed by atoms with Crippen LogP contribution in [0.15, 0.2) is 6.20 Å². The number of ether oxygens (including phenoxy) is 9. The van der Waals surface area contributed by atoms with Gasteiger partial charge in [-0.25, -0.2) is 9.48 Å². The van der Waals surface area contributed by atoms with Crippen molar-refractivity contribution < 1.29 is 61.4 Å². The Hall–Kier alpha value is -2.06. The maximum absolute atomic E-state index is 12.9. The number of carbonyl (C=O) groups excluding carboxylic acids is 1. The number of carbonyl (C=O) groups is 1. The van der Waals surface area contributed by atoms with Crippen LogP contribution in [0.5, 0.6) is 0 Å². The minimum atomic E-state index is -3.69. The van der Waals surface area contributed by atoms with Crippen LogP contribution in [0.1, 0.15) is 38.6 Å². The van der Waals surface area contributed by atoms with Crippen LogP contribution in [0, 0.1) is 0 Å². The van der Waals surface area contributed by atoms with Crippen LogP contribution in [0.25, 0.3) is 11.0 Å². The van der Waals surface area contributed by atoms with Crippen molar-refractivity contribution in [2.24, 2.45) is 0 Å². The number of hydrogen-bond donors (Lipinski definition) is 1. The fourth-order valence-electron chi connectivity index (χ4n) is 5.99. The molecule has 2 aromatic rings. The van der Waals surface area contributed by atoms with Gasteiger partial charge < -0.3 is 52.4 Å². The highest BCUT2D eigenvalue weighted by Crippen LogP contribution is 2.37. The van der Waals surface area contributed by atoms with Crippen molar-refractivity contribution in [3.63, 3.8) is 0 Å². The highest BCUT2D eigenvalue weighted by atomic mass is 35.5. The smallest absolute Gasteiger partial charge is 0.369 e. The van der Waals surface area contributed by atoms with Crippen LogP contribution in [-0.4, -0.2) is 136 Å². The molecule has 3 heterocycles. The highest BCUT2D eigenvalue weighted by Gasteiger charge is 2.49. The summed E-state index contributed by atoms with van der Waals surface area (Å²) in [5, 5.41) is 5.37. The number of esters is 1. The quantitative estimate of drug-likeness (QED) is 0.0901. The molecule has 1 aliphatic heterocycles. The lowest BCUT2D eigenvalue weighted by Crippen LogP contribution is -2.57. The van der Waals surface area contributed by atoms with E-state index in [0.29, 0.717) is 23.6 Å². The fraction of sp³-hybridized carbons (Fsp3) is 0.786. The fourth-order valence-corrected chi connectivity index (χ4v) is 6.63. The lowest BCUT2D eigenvalue weighted by molar-refractivity contribution is -0.271. The minimum absolute atomic E-state index is 0.00152. The number of anilines is 1. The van der Waals surface area contributed by atoms with E-state index in [1.54, 1.807) is 24.9 Å². The maximum atomic E-state index is 12.9. The van der Waals surface area contributed by atoms with Crippen molar-refractivity contribution in [2.45, 2.75) is 68.8 Å². The van der Waals surface area contributed by atoms with Gasteiger partial charge in [-0.3, -0.25) is 9.09 Å². The molecule has 1 N–H and O–H groups in total. The van der Waals surface area contributed by atoms with E-state index >= 15 is 0 Å². The summed E-state index contributed by atoms with van der Waals surface area (Å²) < 4.78 is 69.0. The standard InChI is InChI=1S/C28H45ClN5O13P/c1-6-42-26(35)28(14-38-2,47-48(36)37)46-13-21-23(45-17-41-5)22(44-16-40-4)20(12-43-21)34-25-19(11-30-34)24(31-27(29)32-25)33(15-39-3)18-9-7-8-10-18/h11,18,20-23,48H,6-10,12-17H2,1-5H3,(H,36,37)/t20-,21-,22-,23-,28?/m1/s1. The van der Waals surface area contributed by atoms with Gasteiger partial charge in [-0.1, -0.05) is 12.8 Å². The first kappa shape index (κ1) is 38.7. The Bertz CT molecular complexity index is 1340. The van der Waals surface area contributed by atoms with Crippen molar-refractivity contribution in [3.05, 3.63) is 11.5 Å². The number of methoxy groups -OCH3 is 4. The van der Waals surface area contributed by atoms with Crippen LogP contribution in [0.4, 0.5) is 5.82 Å². The molecule has 18 nitrogen and oxygen atoms in total. The van der Waals surface area contributed by atoms with Gasteiger partial charge >= 0.3 is 14.2 Å². The zero-order valence-electron chi connectivity index (χ0n) is 27.7. The van der Waals surface area contributed by atoms with Crippen molar-refractivity contribution in [1.29, 1.82) is 0 Å². The second-order valence-corrected chi connectivity index (χ2v) is 12.1. The Balaban J connectivity index is 1.70. The summed E-state index contributed by atoms with van der Waals surface area (Å²) in [5.41, 5.74) is 0.437. The molecule has 272 valence electrons. The molecule has 2 fully saturated rings. The molecular weight excluding hydrogens is 681 g/mol. The molecule has 0 bridgehead atoms. The molecule has 1 saturated heterocycles. The Kier molecular flexibility index (Phi) is 15.2. The number of nitrogens with zero attached hydrogens (tertiary/aromatic N) is 5. The van der Waals surface area contributed by atoms with E-state index in [0.717, 1.165) is 25.7 Å². The summed E-state index contributed by atoms with van der Waals surface area (Å²) in [7, 11) is 2.14. The van der Waals surface area contributed by atoms with Crippen molar-refractivity contribution in [3.8, 4) is 0 Å². The topological polar surface area (TPSA) is 194 Å². The van der Waals surface area contributed by atoms with E-state index in [4.69, 9.17) is 58.8 Å². The highest BCUT2D eigenvalue weighted by molar-refractivity contribution is 7.32. The summed E-state index contributed by atoms with van der Waals surface area (Å²) in [6.45, 7) is 0.609. The Morgan fingerprint density at radius 3 is 2.44 bits per heavy atom. The third-order valence-corrected chi connectivity index (χ3v) is 8.66. The Morgan fingerprint density at radius 1 is 1.10 bits per heavy atom. The normalized spacial score (nSPS) is 23.7. The molecule has 1 aliphatic carbocycles. The zero-order valence-corrected chi connectivity index (χ0v) is 29.5. The van der Waals surface area contributed by atoms with Crippen molar-refractivity contribution in [2.75, 3.05) is 80.1 Å². The molecule has 2 unspecified atom stereocenters. The van der Waals surface area contributed by atoms with Gasteiger partial charge in [0.1, 0.15) is 57.1 Å². The zero-order chi connectivity index (χ0) is 34.7. The number of fused-ring (bicyclic) bond motifs is 1. The predicted molar refractivity (Wildman–Crippen MR) is 169 cm³/mol. The summed E-state index contributed by atoms with van der Waals surface area (Å²) in [4.78, 5) is 33.7. The van der Waals surface area contributed by atoms with E-state index < -0.39 is 51.0 Å². The average Bonchev–Trinajstić information content (AvgIpc) is 3.75. The summed E-state index contributed by atoms with van der Waals surface area (Å²) in [5.74, 6) is -2.81. The maximum Gasteiger partial charge on any atom is 0.369 e. The van der Waals surface area contributed by atoms with E-state index in [2.05, 4.69) is 20.0 Å².